The highest BCUT2D eigenvalue weighted by Crippen LogP contribution is 2.67. The van der Waals surface area contributed by atoms with Gasteiger partial charge in [-0.15, -0.1) is 6.58 Å². The molecule has 1 spiro atoms. The average Bonchev–Trinajstić information content (AvgIpc) is 3.08. The van der Waals surface area contributed by atoms with Gasteiger partial charge in [-0.05, 0) is 28.7 Å². The maximum absolute atomic E-state index is 13.8. The van der Waals surface area contributed by atoms with Crippen molar-refractivity contribution < 1.29 is 23.9 Å². The number of ether oxygens (including phenoxy) is 2. The number of hydrogen-bond acceptors (Lipinski definition) is 5. The standard InChI is InChI=1S/C30H38O5/c1-10-20-16-30(25(32)34-8,26(33)35-9)24(19-14-12-11-13-15-19)29(20)17-21(27(2,3)4)23(31)22(18-29)28(5,6)7/h10-15,17-18,20,24H,1,16H2,2-9H3/t20-,24-/m0/s1. The fourth-order valence-electron chi connectivity index (χ4n) is 5.95. The Balaban J connectivity index is 2.54. The van der Waals surface area contributed by atoms with Gasteiger partial charge in [0.2, 0.25) is 0 Å². The van der Waals surface area contributed by atoms with Crippen LogP contribution in [0.4, 0.5) is 0 Å². The molecular formula is C30H38O5. The summed E-state index contributed by atoms with van der Waals surface area (Å²) in [7, 11) is 2.58. The first-order chi connectivity index (χ1) is 16.2. The number of Topliss-reactive ketones (excluding diaryl/α,β-unsaturated/α-hetero) is 1. The number of esters is 2. The second kappa shape index (κ2) is 8.92. The molecule has 35 heavy (non-hydrogen) atoms. The smallest absolute Gasteiger partial charge is 0.323 e. The summed E-state index contributed by atoms with van der Waals surface area (Å²) in [4.78, 5) is 40.9. The second-order valence-corrected chi connectivity index (χ2v) is 11.8. The summed E-state index contributed by atoms with van der Waals surface area (Å²) < 4.78 is 10.5. The fraction of sp³-hybridized carbons (Fsp3) is 0.500. The molecule has 2 atom stereocenters. The van der Waals surface area contributed by atoms with E-state index in [4.69, 9.17) is 9.47 Å². The minimum absolute atomic E-state index is 0.00103. The molecule has 5 nitrogen and oxygen atoms in total. The van der Waals surface area contributed by atoms with Crippen LogP contribution in [0.1, 0.15) is 59.4 Å². The van der Waals surface area contributed by atoms with E-state index in [0.29, 0.717) is 11.1 Å². The van der Waals surface area contributed by atoms with Crippen LogP contribution >= 0.6 is 0 Å². The Morgan fingerprint density at radius 3 is 1.74 bits per heavy atom. The number of carbonyl (C=O) groups is 3. The zero-order valence-corrected chi connectivity index (χ0v) is 22.2. The lowest BCUT2D eigenvalue weighted by Gasteiger charge is -2.44. The molecule has 0 amide bonds. The Morgan fingerprint density at radius 2 is 1.37 bits per heavy atom. The molecular weight excluding hydrogens is 440 g/mol. The Kier molecular flexibility index (Phi) is 6.80. The number of carbonyl (C=O) groups excluding carboxylic acids is 3. The maximum atomic E-state index is 13.8. The van der Waals surface area contributed by atoms with E-state index in [2.05, 4.69) is 6.58 Å². The van der Waals surface area contributed by atoms with Crippen molar-refractivity contribution >= 4 is 17.7 Å². The van der Waals surface area contributed by atoms with Crippen molar-refractivity contribution in [3.05, 3.63) is 71.8 Å². The molecule has 1 saturated carbocycles. The van der Waals surface area contributed by atoms with Crippen LogP contribution in [0.5, 0.6) is 0 Å². The highest BCUT2D eigenvalue weighted by Gasteiger charge is 2.69. The van der Waals surface area contributed by atoms with Gasteiger partial charge in [0.15, 0.2) is 11.2 Å². The van der Waals surface area contributed by atoms with E-state index in [-0.39, 0.29) is 18.1 Å². The van der Waals surface area contributed by atoms with Gasteiger partial charge in [-0.1, -0.05) is 90.1 Å². The molecule has 0 aromatic heterocycles. The van der Waals surface area contributed by atoms with Crippen molar-refractivity contribution in [2.75, 3.05) is 14.2 Å². The molecule has 0 bridgehead atoms. The van der Waals surface area contributed by atoms with E-state index in [1.807, 2.05) is 84.0 Å². The molecule has 0 unspecified atom stereocenters. The summed E-state index contributed by atoms with van der Waals surface area (Å²) in [6.07, 6.45) is 5.96. The SMILES string of the molecule is C=C[C@H]1CC(C(=O)OC)(C(=O)OC)[C@@H](c2ccccc2)C12C=C(C(C)(C)C)C(=O)C(C(C)(C)C)=C2. The van der Waals surface area contributed by atoms with Crippen molar-refractivity contribution in [2.24, 2.45) is 27.6 Å². The molecule has 3 rings (SSSR count). The van der Waals surface area contributed by atoms with E-state index >= 15 is 0 Å². The van der Waals surface area contributed by atoms with Gasteiger partial charge in [-0.3, -0.25) is 14.4 Å². The molecule has 0 aliphatic heterocycles. The Bertz CT molecular complexity index is 1040. The third kappa shape index (κ3) is 4.09. The van der Waals surface area contributed by atoms with Gasteiger partial charge in [0.25, 0.3) is 0 Å². The zero-order valence-electron chi connectivity index (χ0n) is 22.2. The highest BCUT2D eigenvalue weighted by atomic mass is 16.5. The van der Waals surface area contributed by atoms with E-state index in [9.17, 15) is 14.4 Å². The zero-order chi connectivity index (χ0) is 26.4. The molecule has 5 heteroatoms. The van der Waals surface area contributed by atoms with E-state index < -0.39 is 39.5 Å². The fourth-order valence-corrected chi connectivity index (χ4v) is 5.95. The number of allylic oxidation sites excluding steroid dienone is 5. The molecule has 1 aromatic rings. The van der Waals surface area contributed by atoms with E-state index in [1.165, 1.54) is 14.2 Å². The third-order valence-electron chi connectivity index (χ3n) is 7.59. The molecule has 188 valence electrons. The number of ketones is 1. The van der Waals surface area contributed by atoms with Gasteiger partial charge in [0, 0.05) is 22.5 Å². The molecule has 1 aromatic carbocycles. The van der Waals surface area contributed by atoms with Crippen LogP contribution in [0.25, 0.3) is 0 Å². The lowest BCUT2D eigenvalue weighted by atomic mass is 9.57. The Morgan fingerprint density at radius 1 is 0.914 bits per heavy atom. The van der Waals surface area contributed by atoms with Gasteiger partial charge in [0.05, 0.1) is 14.2 Å². The second-order valence-electron chi connectivity index (χ2n) is 11.8. The van der Waals surface area contributed by atoms with Crippen LogP contribution in [0, 0.1) is 27.6 Å². The van der Waals surface area contributed by atoms with Crippen molar-refractivity contribution in [3.8, 4) is 0 Å². The Hall–Kier alpha value is -2.95. The molecule has 0 heterocycles. The van der Waals surface area contributed by atoms with Gasteiger partial charge in [0.1, 0.15) is 0 Å². The summed E-state index contributed by atoms with van der Waals surface area (Å²) in [5, 5.41) is 0. The van der Waals surface area contributed by atoms with Crippen LogP contribution in [-0.4, -0.2) is 31.9 Å². The quantitative estimate of drug-likeness (QED) is 0.310. The first kappa shape index (κ1) is 26.7. The molecule has 0 saturated heterocycles. The van der Waals surface area contributed by atoms with Crippen LogP contribution in [0.15, 0.2) is 66.3 Å². The topological polar surface area (TPSA) is 69.7 Å². The summed E-state index contributed by atoms with van der Waals surface area (Å²) in [6, 6.07) is 9.51. The lowest BCUT2D eigenvalue weighted by molar-refractivity contribution is -0.170. The van der Waals surface area contributed by atoms with Crippen molar-refractivity contribution in [1.29, 1.82) is 0 Å². The molecule has 0 radical (unpaired) electrons. The third-order valence-corrected chi connectivity index (χ3v) is 7.59. The van der Waals surface area contributed by atoms with Crippen LogP contribution in [0.3, 0.4) is 0 Å². The predicted molar refractivity (Wildman–Crippen MR) is 136 cm³/mol. The van der Waals surface area contributed by atoms with Gasteiger partial charge >= 0.3 is 11.9 Å². The number of benzene rings is 1. The minimum Gasteiger partial charge on any atom is -0.468 e. The minimum atomic E-state index is -1.61. The van der Waals surface area contributed by atoms with Crippen molar-refractivity contribution in [1.82, 2.24) is 0 Å². The molecule has 2 aliphatic rings. The van der Waals surface area contributed by atoms with E-state index in [1.54, 1.807) is 6.08 Å². The molecule has 2 aliphatic carbocycles. The number of rotatable bonds is 4. The summed E-state index contributed by atoms with van der Waals surface area (Å²) in [5.41, 5.74) is -1.25. The van der Waals surface area contributed by atoms with Crippen molar-refractivity contribution in [3.63, 3.8) is 0 Å². The molecule has 1 fully saturated rings. The average molecular weight is 479 g/mol. The van der Waals surface area contributed by atoms with Crippen LogP contribution < -0.4 is 0 Å². The van der Waals surface area contributed by atoms with Crippen molar-refractivity contribution in [2.45, 2.75) is 53.9 Å². The number of hydrogen-bond donors (Lipinski definition) is 0. The lowest BCUT2D eigenvalue weighted by Crippen LogP contribution is -2.47. The van der Waals surface area contributed by atoms with Gasteiger partial charge in [-0.25, -0.2) is 0 Å². The highest BCUT2D eigenvalue weighted by molar-refractivity contribution is 6.11. The summed E-state index contributed by atoms with van der Waals surface area (Å²) in [6.45, 7) is 16.2. The largest absolute Gasteiger partial charge is 0.468 e. The summed E-state index contributed by atoms with van der Waals surface area (Å²) >= 11 is 0. The normalized spacial score (nSPS) is 23.4. The first-order valence-electron chi connectivity index (χ1n) is 12.1. The first-order valence-corrected chi connectivity index (χ1v) is 12.1. The maximum Gasteiger partial charge on any atom is 0.323 e. The predicted octanol–water partition coefficient (Wildman–Crippen LogP) is 5.82. The van der Waals surface area contributed by atoms with Crippen LogP contribution in [-0.2, 0) is 23.9 Å². The summed E-state index contributed by atoms with van der Waals surface area (Å²) in [5.74, 6) is -2.28. The van der Waals surface area contributed by atoms with Gasteiger partial charge < -0.3 is 9.47 Å². The Labute approximate surface area is 209 Å². The monoisotopic (exact) mass is 478 g/mol. The number of methoxy groups -OCH3 is 2. The molecule has 0 N–H and O–H groups in total. The van der Waals surface area contributed by atoms with Gasteiger partial charge in [-0.2, -0.15) is 0 Å². The van der Waals surface area contributed by atoms with E-state index in [0.717, 1.165) is 5.56 Å². The van der Waals surface area contributed by atoms with Crippen LogP contribution in [0.2, 0.25) is 0 Å².